The molecule has 4 aliphatic carbocycles. The summed E-state index contributed by atoms with van der Waals surface area (Å²) in [6.07, 6.45) is 13.5. The smallest absolute Gasteiger partial charge is 0.171 e. The molecule has 3 saturated carbocycles. The standard InChI is InChI=1S/C27H42O3/c1-16-7-12-27(29-15-16)17(2)24-23(30-27)14-22-20-6-5-18-13-19(28)8-10-25(18,3)21(20)9-11-26(22,24)4/h5,16-17,19-24,28H,6-15H2,1-4H3/t16-,17+,19+,20-,21-,22+,23-,24+,25+,26+,27-/m1/s1. The summed E-state index contributed by atoms with van der Waals surface area (Å²) >= 11 is 0. The summed E-state index contributed by atoms with van der Waals surface area (Å²) in [6.45, 7) is 10.8. The van der Waals surface area contributed by atoms with Gasteiger partial charge in [0, 0.05) is 12.3 Å². The largest absolute Gasteiger partial charge is 0.393 e. The van der Waals surface area contributed by atoms with Crippen LogP contribution in [0, 0.1) is 46.3 Å². The molecule has 5 fully saturated rings. The summed E-state index contributed by atoms with van der Waals surface area (Å²) in [4.78, 5) is 0. The number of fused-ring (bicyclic) bond motifs is 7. The lowest BCUT2D eigenvalue weighted by Gasteiger charge is -2.58. The molecule has 30 heavy (non-hydrogen) atoms. The molecule has 0 unspecified atom stereocenters. The van der Waals surface area contributed by atoms with Gasteiger partial charge in [0.25, 0.3) is 0 Å². The van der Waals surface area contributed by atoms with Crippen LogP contribution in [0.5, 0.6) is 0 Å². The number of aliphatic hydroxyl groups excluding tert-OH is 1. The zero-order chi connectivity index (χ0) is 20.9. The van der Waals surface area contributed by atoms with E-state index in [1.165, 1.54) is 38.5 Å². The maximum absolute atomic E-state index is 10.3. The zero-order valence-electron chi connectivity index (χ0n) is 19.5. The Bertz CT molecular complexity index is 736. The minimum atomic E-state index is -0.294. The molecular formula is C27H42O3. The van der Waals surface area contributed by atoms with Gasteiger partial charge in [0.15, 0.2) is 5.79 Å². The molecule has 0 aromatic carbocycles. The van der Waals surface area contributed by atoms with E-state index in [9.17, 15) is 5.11 Å². The van der Waals surface area contributed by atoms with Crippen LogP contribution in [0.2, 0.25) is 0 Å². The van der Waals surface area contributed by atoms with E-state index in [4.69, 9.17) is 9.47 Å². The normalized spacial score (nSPS) is 59.8. The zero-order valence-corrected chi connectivity index (χ0v) is 19.5. The fraction of sp³-hybridized carbons (Fsp3) is 0.926. The van der Waals surface area contributed by atoms with Gasteiger partial charge in [-0.1, -0.05) is 39.3 Å². The van der Waals surface area contributed by atoms with Gasteiger partial charge < -0.3 is 14.6 Å². The lowest BCUT2D eigenvalue weighted by atomic mass is 9.47. The Morgan fingerprint density at radius 1 is 1.03 bits per heavy atom. The van der Waals surface area contributed by atoms with Crippen molar-refractivity contribution in [1.29, 1.82) is 0 Å². The van der Waals surface area contributed by atoms with Gasteiger partial charge in [0.2, 0.25) is 0 Å². The van der Waals surface area contributed by atoms with Crippen LogP contribution in [-0.4, -0.2) is 29.7 Å². The lowest BCUT2D eigenvalue weighted by molar-refractivity contribution is -0.272. The molecular weight excluding hydrogens is 372 g/mol. The van der Waals surface area contributed by atoms with Crippen molar-refractivity contribution in [1.82, 2.24) is 0 Å². The van der Waals surface area contributed by atoms with E-state index in [0.717, 1.165) is 43.6 Å². The summed E-state index contributed by atoms with van der Waals surface area (Å²) in [5.74, 6) is 3.94. The second-order valence-corrected chi connectivity index (χ2v) is 12.7. The molecule has 0 bridgehead atoms. The number of rotatable bonds is 0. The molecule has 0 radical (unpaired) electrons. The van der Waals surface area contributed by atoms with Gasteiger partial charge in [0.1, 0.15) is 0 Å². The third kappa shape index (κ3) is 2.55. The lowest BCUT2D eigenvalue weighted by Crippen LogP contribution is -2.52. The number of hydrogen-bond acceptors (Lipinski definition) is 3. The maximum Gasteiger partial charge on any atom is 0.171 e. The van der Waals surface area contributed by atoms with Crippen LogP contribution in [0.4, 0.5) is 0 Å². The van der Waals surface area contributed by atoms with Crippen molar-refractivity contribution in [3.63, 3.8) is 0 Å². The predicted octanol–water partition coefficient (Wildman–Crippen LogP) is 5.71. The first-order valence-electron chi connectivity index (χ1n) is 13.0. The molecule has 11 atom stereocenters. The Morgan fingerprint density at radius 3 is 2.63 bits per heavy atom. The number of ether oxygens (including phenoxy) is 2. The minimum Gasteiger partial charge on any atom is -0.393 e. The average molecular weight is 415 g/mol. The molecule has 1 N–H and O–H groups in total. The first-order valence-corrected chi connectivity index (χ1v) is 13.0. The molecule has 3 nitrogen and oxygen atoms in total. The van der Waals surface area contributed by atoms with E-state index in [-0.39, 0.29) is 11.9 Å². The van der Waals surface area contributed by atoms with Crippen LogP contribution in [0.15, 0.2) is 11.6 Å². The van der Waals surface area contributed by atoms with Crippen molar-refractivity contribution in [2.75, 3.05) is 6.61 Å². The van der Waals surface area contributed by atoms with Crippen molar-refractivity contribution in [3.8, 4) is 0 Å². The summed E-state index contributed by atoms with van der Waals surface area (Å²) in [5.41, 5.74) is 2.31. The Morgan fingerprint density at radius 2 is 1.87 bits per heavy atom. The molecule has 3 heteroatoms. The Labute approximate surface area is 183 Å². The highest BCUT2D eigenvalue weighted by Gasteiger charge is 2.68. The second kappa shape index (κ2) is 6.58. The topological polar surface area (TPSA) is 38.7 Å². The van der Waals surface area contributed by atoms with Gasteiger partial charge in [-0.2, -0.15) is 0 Å². The Kier molecular flexibility index (Phi) is 4.44. The molecule has 168 valence electrons. The first-order chi connectivity index (χ1) is 14.3. The van der Waals surface area contributed by atoms with Gasteiger partial charge in [0.05, 0.1) is 18.8 Å². The Balaban J connectivity index is 1.28. The van der Waals surface area contributed by atoms with Crippen molar-refractivity contribution in [3.05, 3.63) is 11.6 Å². The third-order valence-electron chi connectivity index (χ3n) is 11.3. The first kappa shape index (κ1) is 20.2. The van der Waals surface area contributed by atoms with Gasteiger partial charge in [-0.05, 0) is 91.8 Å². The molecule has 0 amide bonds. The summed E-state index contributed by atoms with van der Waals surface area (Å²) in [7, 11) is 0. The van der Waals surface area contributed by atoms with Crippen molar-refractivity contribution >= 4 is 0 Å². The molecule has 2 saturated heterocycles. The molecule has 6 aliphatic rings. The van der Waals surface area contributed by atoms with Gasteiger partial charge in [-0.3, -0.25) is 0 Å². The van der Waals surface area contributed by atoms with E-state index in [2.05, 4.69) is 33.8 Å². The fourth-order valence-electron chi connectivity index (χ4n) is 9.66. The summed E-state index contributed by atoms with van der Waals surface area (Å²) in [5, 5.41) is 10.3. The third-order valence-corrected chi connectivity index (χ3v) is 11.3. The van der Waals surface area contributed by atoms with Crippen LogP contribution >= 0.6 is 0 Å². The van der Waals surface area contributed by atoms with E-state index in [1.807, 2.05) is 0 Å². The highest BCUT2D eigenvalue weighted by atomic mass is 16.7. The number of aliphatic hydroxyl groups is 1. The van der Waals surface area contributed by atoms with Crippen molar-refractivity contribution in [2.24, 2.45) is 46.3 Å². The molecule has 0 aromatic heterocycles. The minimum absolute atomic E-state index is 0.107. The van der Waals surface area contributed by atoms with Gasteiger partial charge in [-0.25, -0.2) is 0 Å². The summed E-state index contributed by atoms with van der Waals surface area (Å²) in [6, 6.07) is 0. The monoisotopic (exact) mass is 414 g/mol. The molecule has 0 aromatic rings. The highest BCUT2D eigenvalue weighted by Crippen LogP contribution is 2.70. The van der Waals surface area contributed by atoms with Crippen LogP contribution in [0.25, 0.3) is 0 Å². The molecule has 1 spiro atoms. The van der Waals surface area contributed by atoms with E-state index < -0.39 is 0 Å². The number of allylic oxidation sites excluding steroid dienone is 1. The van der Waals surface area contributed by atoms with Crippen LogP contribution < -0.4 is 0 Å². The van der Waals surface area contributed by atoms with Crippen molar-refractivity contribution in [2.45, 2.75) is 103 Å². The van der Waals surface area contributed by atoms with E-state index in [1.54, 1.807) is 5.57 Å². The maximum atomic E-state index is 10.3. The SMILES string of the molecule is C[C@@H]1CC[C@@]2(OC1)O[C@@H]1C[C@H]3[C@@H]4CC=C5C[C@@H](O)CC[C@]5(C)[C@@H]4CC[C@]3(C)[C@H]1[C@@H]2C. The number of hydrogen-bond donors (Lipinski definition) is 1. The average Bonchev–Trinajstić information content (AvgIpc) is 3.16. The molecule has 6 rings (SSSR count). The molecule has 2 aliphatic heterocycles. The second-order valence-electron chi connectivity index (χ2n) is 12.7. The molecule has 2 heterocycles. The quantitative estimate of drug-likeness (QED) is 0.516. The predicted molar refractivity (Wildman–Crippen MR) is 118 cm³/mol. The van der Waals surface area contributed by atoms with Gasteiger partial charge in [-0.15, -0.1) is 0 Å². The fourth-order valence-corrected chi connectivity index (χ4v) is 9.66. The van der Waals surface area contributed by atoms with Crippen molar-refractivity contribution < 1.29 is 14.6 Å². The van der Waals surface area contributed by atoms with Crippen LogP contribution in [-0.2, 0) is 9.47 Å². The van der Waals surface area contributed by atoms with Gasteiger partial charge >= 0.3 is 0 Å². The van der Waals surface area contributed by atoms with E-state index in [0.29, 0.717) is 34.7 Å². The highest BCUT2D eigenvalue weighted by molar-refractivity contribution is 5.26. The Hall–Kier alpha value is -0.380. The summed E-state index contributed by atoms with van der Waals surface area (Å²) < 4.78 is 13.3. The van der Waals surface area contributed by atoms with Crippen LogP contribution in [0.3, 0.4) is 0 Å². The van der Waals surface area contributed by atoms with E-state index >= 15 is 0 Å². The van der Waals surface area contributed by atoms with Crippen LogP contribution in [0.1, 0.15) is 85.5 Å².